The molecule has 0 bridgehead atoms. The fraction of sp³-hybridized carbons (Fsp3) is 0.276. The molecule has 2 aromatic carbocycles. The Morgan fingerprint density at radius 3 is 2.52 bits per heavy atom. The Balaban J connectivity index is 1.71. The number of hydrogen-bond acceptors (Lipinski definition) is 10. The van der Waals surface area contributed by atoms with Gasteiger partial charge in [-0.15, -0.1) is 0 Å². The molecule has 13 heteroatoms. The average Bonchev–Trinajstić information content (AvgIpc) is 3.27. The molecule has 2 heterocycles. The van der Waals surface area contributed by atoms with Crippen LogP contribution in [-0.2, 0) is 26.1 Å². The molecule has 0 spiro atoms. The maximum absolute atomic E-state index is 12.9. The molecule has 1 amide bonds. The Kier molecular flexibility index (Phi) is 9.02. The molecule has 0 aliphatic rings. The number of amides is 1. The van der Waals surface area contributed by atoms with E-state index in [0.717, 1.165) is 35.0 Å². The molecule has 0 unspecified atom stereocenters. The summed E-state index contributed by atoms with van der Waals surface area (Å²) in [4.78, 5) is 26.0. The van der Waals surface area contributed by atoms with Gasteiger partial charge in [0.2, 0.25) is 5.95 Å². The number of nitrogens with zero attached hydrogens (tertiary/aromatic N) is 5. The summed E-state index contributed by atoms with van der Waals surface area (Å²) in [6.07, 6.45) is 4.53. The zero-order valence-corrected chi connectivity index (χ0v) is 25.3. The van der Waals surface area contributed by atoms with Gasteiger partial charge < -0.3 is 33.9 Å². The number of anilines is 4. The lowest BCUT2D eigenvalue weighted by molar-refractivity contribution is -0.114. The standard InChI is InChI=1S/C29H35N7O5S/c1-19(41-42(7,38)39)28(37)31-23-16-24(27(40-6)17-26(23)35(4)15-14-34(2)3)33-29-30-13-12-22(32-29)21-18-36(5)25-11-9-8-10-20(21)25/h8-13,16-18H,1,14-15H2,2-7H3,(H,31,37)(H,30,32,33). The van der Waals surface area contributed by atoms with Gasteiger partial charge in [-0.3, -0.25) is 4.79 Å². The van der Waals surface area contributed by atoms with E-state index in [1.54, 1.807) is 18.3 Å². The number of carbonyl (C=O) groups excluding carboxylic acids is 1. The van der Waals surface area contributed by atoms with E-state index in [-0.39, 0.29) is 0 Å². The van der Waals surface area contributed by atoms with Crippen molar-refractivity contribution in [3.8, 4) is 17.0 Å². The molecule has 0 saturated carbocycles. The third-order valence-electron chi connectivity index (χ3n) is 6.44. The number of hydrogen-bond donors (Lipinski definition) is 2. The highest BCUT2D eigenvalue weighted by Gasteiger charge is 2.20. The maximum Gasteiger partial charge on any atom is 0.306 e. The number of likely N-dealkylation sites (N-methyl/N-ethyl adjacent to an activating group) is 2. The van der Waals surface area contributed by atoms with Crippen molar-refractivity contribution in [3.63, 3.8) is 0 Å². The van der Waals surface area contributed by atoms with E-state index in [9.17, 15) is 13.2 Å². The fourth-order valence-electron chi connectivity index (χ4n) is 4.37. The minimum Gasteiger partial charge on any atom is -0.494 e. The molecule has 0 radical (unpaired) electrons. The number of methoxy groups -OCH3 is 1. The van der Waals surface area contributed by atoms with Crippen LogP contribution < -0.4 is 20.3 Å². The van der Waals surface area contributed by atoms with E-state index in [4.69, 9.17) is 13.9 Å². The molecule has 42 heavy (non-hydrogen) atoms. The van der Waals surface area contributed by atoms with E-state index in [0.29, 0.717) is 35.3 Å². The van der Waals surface area contributed by atoms with Crippen molar-refractivity contribution in [2.45, 2.75) is 0 Å². The van der Waals surface area contributed by atoms with Gasteiger partial charge in [0.1, 0.15) is 5.75 Å². The van der Waals surface area contributed by atoms with Crippen LogP contribution in [0.15, 0.2) is 67.2 Å². The molecule has 2 N–H and O–H groups in total. The fourth-order valence-corrected chi connectivity index (χ4v) is 4.81. The average molecular weight is 594 g/mol. The van der Waals surface area contributed by atoms with Gasteiger partial charge in [0, 0.05) is 62.1 Å². The topological polar surface area (TPSA) is 131 Å². The number of ether oxygens (including phenoxy) is 1. The van der Waals surface area contributed by atoms with Crippen molar-refractivity contribution < 1.29 is 22.1 Å². The van der Waals surface area contributed by atoms with Crippen LogP contribution in [0.25, 0.3) is 22.2 Å². The maximum atomic E-state index is 12.9. The molecular weight excluding hydrogens is 558 g/mol. The molecule has 0 fully saturated rings. The van der Waals surface area contributed by atoms with Crippen molar-refractivity contribution in [1.29, 1.82) is 0 Å². The molecule has 222 valence electrons. The predicted octanol–water partition coefficient (Wildman–Crippen LogP) is 3.81. The van der Waals surface area contributed by atoms with Crippen LogP contribution in [0.1, 0.15) is 0 Å². The molecule has 0 saturated heterocycles. The number of benzene rings is 2. The number of aromatic nitrogens is 3. The molecule has 0 aliphatic heterocycles. The van der Waals surface area contributed by atoms with Crippen molar-refractivity contribution in [2.24, 2.45) is 7.05 Å². The lowest BCUT2D eigenvalue weighted by Crippen LogP contribution is -2.29. The van der Waals surface area contributed by atoms with Crippen LogP contribution >= 0.6 is 0 Å². The van der Waals surface area contributed by atoms with Crippen molar-refractivity contribution >= 4 is 49.9 Å². The first-order valence-corrected chi connectivity index (χ1v) is 14.8. The van der Waals surface area contributed by atoms with Gasteiger partial charge in [-0.25, -0.2) is 9.97 Å². The highest BCUT2D eigenvalue weighted by molar-refractivity contribution is 7.86. The summed E-state index contributed by atoms with van der Waals surface area (Å²) in [5.41, 5.74) is 4.24. The number of para-hydroxylation sites is 1. The number of fused-ring (bicyclic) bond motifs is 1. The Morgan fingerprint density at radius 2 is 1.83 bits per heavy atom. The first-order chi connectivity index (χ1) is 19.9. The SMILES string of the molecule is C=C(OS(C)(=O)=O)C(=O)Nc1cc(Nc2nccc(-c3cn(C)c4ccccc34)n2)c(OC)cc1N(C)CCN(C)C. The Labute approximate surface area is 245 Å². The number of aryl methyl sites for hydroxylation is 1. The minimum absolute atomic E-state index is 0.314. The van der Waals surface area contributed by atoms with Crippen LogP contribution in [0.5, 0.6) is 5.75 Å². The predicted molar refractivity (Wildman–Crippen MR) is 166 cm³/mol. The number of nitrogens with one attached hydrogen (secondary N) is 2. The summed E-state index contributed by atoms with van der Waals surface area (Å²) in [5.74, 6) is -0.580. The van der Waals surface area contributed by atoms with Gasteiger partial charge in [0.05, 0.1) is 36.1 Å². The Hall–Kier alpha value is -4.62. The third-order valence-corrected chi connectivity index (χ3v) is 6.94. The van der Waals surface area contributed by atoms with Crippen molar-refractivity contribution in [1.82, 2.24) is 19.4 Å². The lowest BCUT2D eigenvalue weighted by atomic mass is 10.1. The Bertz CT molecular complexity index is 1730. The second-order valence-electron chi connectivity index (χ2n) is 10.0. The van der Waals surface area contributed by atoms with Crippen LogP contribution in [0.4, 0.5) is 23.0 Å². The van der Waals surface area contributed by atoms with Crippen LogP contribution in [-0.4, -0.2) is 81.4 Å². The van der Waals surface area contributed by atoms with Gasteiger partial charge in [-0.05, 0) is 38.9 Å². The largest absolute Gasteiger partial charge is 0.494 e. The summed E-state index contributed by atoms with van der Waals surface area (Å²) in [6.45, 7) is 4.83. The van der Waals surface area contributed by atoms with E-state index in [1.165, 1.54) is 7.11 Å². The van der Waals surface area contributed by atoms with E-state index < -0.39 is 21.8 Å². The first-order valence-electron chi connectivity index (χ1n) is 13.0. The minimum atomic E-state index is -3.93. The first kappa shape index (κ1) is 30.3. The lowest BCUT2D eigenvalue weighted by Gasteiger charge is -2.26. The summed E-state index contributed by atoms with van der Waals surface area (Å²) in [7, 11) is 5.39. The smallest absolute Gasteiger partial charge is 0.306 e. The van der Waals surface area contributed by atoms with E-state index in [1.807, 2.05) is 79.1 Å². The van der Waals surface area contributed by atoms with E-state index >= 15 is 0 Å². The Morgan fingerprint density at radius 1 is 1.10 bits per heavy atom. The second-order valence-corrected chi connectivity index (χ2v) is 11.6. The molecule has 4 aromatic rings. The van der Waals surface area contributed by atoms with Gasteiger partial charge in [-0.1, -0.05) is 18.2 Å². The van der Waals surface area contributed by atoms with Crippen LogP contribution in [0.2, 0.25) is 0 Å². The van der Waals surface area contributed by atoms with Crippen molar-refractivity contribution in [3.05, 3.63) is 67.2 Å². The van der Waals surface area contributed by atoms with E-state index in [2.05, 4.69) is 22.2 Å². The van der Waals surface area contributed by atoms with Crippen LogP contribution in [0.3, 0.4) is 0 Å². The zero-order valence-electron chi connectivity index (χ0n) is 24.5. The summed E-state index contributed by atoms with van der Waals surface area (Å²) in [5, 5.41) is 6.98. The zero-order chi connectivity index (χ0) is 30.6. The number of carbonyl (C=O) groups is 1. The normalized spacial score (nSPS) is 11.4. The van der Waals surface area contributed by atoms with Gasteiger partial charge >= 0.3 is 10.1 Å². The number of rotatable bonds is 12. The van der Waals surface area contributed by atoms with Gasteiger partial charge in [0.15, 0.2) is 5.76 Å². The molecule has 0 aliphatic carbocycles. The third kappa shape index (κ3) is 7.17. The quantitative estimate of drug-likeness (QED) is 0.142. The monoisotopic (exact) mass is 593 g/mol. The molecule has 2 aromatic heterocycles. The molecular formula is C29H35N7O5S. The summed E-state index contributed by atoms with van der Waals surface area (Å²) in [6, 6.07) is 13.3. The summed E-state index contributed by atoms with van der Waals surface area (Å²) < 4.78 is 35.5. The molecule has 12 nitrogen and oxygen atoms in total. The summed E-state index contributed by atoms with van der Waals surface area (Å²) >= 11 is 0. The van der Waals surface area contributed by atoms with Crippen molar-refractivity contribution in [2.75, 3.05) is 63.1 Å². The van der Waals surface area contributed by atoms with Crippen LogP contribution in [0, 0.1) is 0 Å². The highest BCUT2D eigenvalue weighted by atomic mass is 32.2. The highest BCUT2D eigenvalue weighted by Crippen LogP contribution is 2.38. The van der Waals surface area contributed by atoms with Gasteiger partial charge in [0.25, 0.3) is 5.91 Å². The van der Waals surface area contributed by atoms with Gasteiger partial charge in [-0.2, -0.15) is 8.42 Å². The molecule has 0 atom stereocenters. The second kappa shape index (κ2) is 12.5. The molecule has 4 rings (SSSR count).